The van der Waals surface area contributed by atoms with E-state index in [0.29, 0.717) is 11.2 Å². The van der Waals surface area contributed by atoms with Gasteiger partial charge in [0.25, 0.3) is 0 Å². The fraction of sp³-hybridized carbons (Fsp3) is 0.0769. The first-order chi connectivity index (χ1) is 9.56. The summed E-state index contributed by atoms with van der Waals surface area (Å²) < 4.78 is 28.3. The van der Waals surface area contributed by atoms with E-state index < -0.39 is 17.6 Å². The monoisotopic (exact) mass is 294 g/mol. The van der Waals surface area contributed by atoms with E-state index in [1.165, 1.54) is 28.0 Å². The number of aromatic nitrogens is 2. The van der Waals surface area contributed by atoms with Crippen LogP contribution in [0, 0.1) is 11.6 Å². The van der Waals surface area contributed by atoms with Gasteiger partial charge in [-0.25, -0.2) is 18.6 Å². The quantitative estimate of drug-likeness (QED) is 0.807. The van der Waals surface area contributed by atoms with Crippen molar-refractivity contribution in [1.29, 1.82) is 0 Å². The van der Waals surface area contributed by atoms with Crippen LogP contribution in [0.1, 0.15) is 16.1 Å². The largest absolute Gasteiger partial charge is 0.477 e. The molecular weight excluding hydrogens is 286 g/mol. The third kappa shape index (κ3) is 2.05. The van der Waals surface area contributed by atoms with Gasteiger partial charge < -0.3 is 9.67 Å². The van der Waals surface area contributed by atoms with Crippen molar-refractivity contribution >= 4 is 27.7 Å². The molecule has 0 aliphatic heterocycles. The number of nitrogens with zero attached hydrogens (tertiary/aromatic N) is 2. The first-order valence-electron chi connectivity index (χ1n) is 5.66. The molecule has 0 radical (unpaired) electrons. The van der Waals surface area contributed by atoms with Gasteiger partial charge in [0.15, 0.2) is 17.3 Å². The lowest BCUT2D eigenvalue weighted by molar-refractivity contribution is 0.0686. The minimum absolute atomic E-state index is 0.0732. The van der Waals surface area contributed by atoms with Crippen molar-refractivity contribution in [2.75, 3.05) is 0 Å². The average Bonchev–Trinajstić information content (AvgIpc) is 2.96. The zero-order valence-electron chi connectivity index (χ0n) is 10.0. The van der Waals surface area contributed by atoms with Gasteiger partial charge in [0.05, 0.1) is 10.2 Å². The highest BCUT2D eigenvalue weighted by atomic mass is 32.1. The highest BCUT2D eigenvalue weighted by Gasteiger charge is 2.17. The molecule has 0 unspecified atom stereocenters. The summed E-state index contributed by atoms with van der Waals surface area (Å²) in [5.41, 5.74) is 2.68. The molecule has 0 amide bonds. The number of halogens is 2. The molecular formula is C13H8F2N2O2S. The van der Waals surface area contributed by atoms with Gasteiger partial charge in [-0.15, -0.1) is 11.3 Å². The molecule has 20 heavy (non-hydrogen) atoms. The number of aromatic carboxylic acids is 1. The Morgan fingerprint density at radius 2 is 2.10 bits per heavy atom. The predicted octanol–water partition coefficient (Wildman–Crippen LogP) is 3.12. The number of carbonyl (C=O) groups is 1. The van der Waals surface area contributed by atoms with Crippen LogP contribution in [-0.2, 0) is 6.54 Å². The molecule has 3 aromatic rings. The highest BCUT2D eigenvalue weighted by molar-refractivity contribution is 7.16. The number of carboxylic acid groups (broad SMARTS) is 1. The molecule has 0 atom stereocenters. The maximum absolute atomic E-state index is 13.2. The van der Waals surface area contributed by atoms with Crippen molar-refractivity contribution in [3.8, 4) is 0 Å². The van der Waals surface area contributed by atoms with E-state index in [0.717, 1.165) is 16.8 Å². The molecule has 0 saturated carbocycles. The summed E-state index contributed by atoms with van der Waals surface area (Å²) in [5.74, 6) is -2.97. The van der Waals surface area contributed by atoms with E-state index in [-0.39, 0.29) is 12.2 Å². The summed E-state index contributed by atoms with van der Waals surface area (Å²) in [6.07, 6.45) is 0. The SMILES string of the molecule is O=C(O)c1cc2scnc2n1Cc1ccc(F)c(F)c1. The molecule has 0 spiro atoms. The topological polar surface area (TPSA) is 55.1 Å². The Morgan fingerprint density at radius 3 is 2.80 bits per heavy atom. The first-order valence-corrected chi connectivity index (χ1v) is 6.54. The number of carboxylic acids is 1. The fourth-order valence-corrected chi connectivity index (χ4v) is 2.74. The molecule has 1 N–H and O–H groups in total. The molecule has 0 aliphatic rings. The van der Waals surface area contributed by atoms with Crippen molar-refractivity contribution in [2.45, 2.75) is 6.54 Å². The van der Waals surface area contributed by atoms with E-state index in [1.54, 1.807) is 5.51 Å². The van der Waals surface area contributed by atoms with Gasteiger partial charge in [-0.05, 0) is 23.8 Å². The molecule has 2 heterocycles. The summed E-state index contributed by atoms with van der Waals surface area (Å²) in [7, 11) is 0. The minimum atomic E-state index is -1.09. The lowest BCUT2D eigenvalue weighted by atomic mass is 10.2. The van der Waals surface area contributed by atoms with E-state index in [4.69, 9.17) is 0 Å². The van der Waals surface area contributed by atoms with Crippen molar-refractivity contribution in [1.82, 2.24) is 9.55 Å². The van der Waals surface area contributed by atoms with Crippen LogP contribution < -0.4 is 0 Å². The highest BCUT2D eigenvalue weighted by Crippen LogP contribution is 2.24. The van der Waals surface area contributed by atoms with Crippen LogP contribution >= 0.6 is 11.3 Å². The van der Waals surface area contributed by atoms with Crippen LogP contribution in [0.3, 0.4) is 0 Å². The van der Waals surface area contributed by atoms with Gasteiger partial charge in [0, 0.05) is 6.54 Å². The second-order valence-corrected chi connectivity index (χ2v) is 5.10. The number of hydrogen-bond acceptors (Lipinski definition) is 3. The van der Waals surface area contributed by atoms with E-state index in [9.17, 15) is 18.7 Å². The maximum Gasteiger partial charge on any atom is 0.352 e. The van der Waals surface area contributed by atoms with Crippen LogP contribution in [0.4, 0.5) is 8.78 Å². The Balaban J connectivity index is 2.08. The van der Waals surface area contributed by atoms with E-state index >= 15 is 0 Å². The fourth-order valence-electron chi connectivity index (χ4n) is 2.02. The Labute approximate surface area is 115 Å². The van der Waals surface area contributed by atoms with E-state index in [1.807, 2.05) is 0 Å². The average molecular weight is 294 g/mol. The van der Waals surface area contributed by atoms with Gasteiger partial charge in [0.1, 0.15) is 5.69 Å². The second-order valence-electron chi connectivity index (χ2n) is 4.21. The van der Waals surface area contributed by atoms with Crippen LogP contribution in [0.2, 0.25) is 0 Å². The summed E-state index contributed by atoms with van der Waals surface area (Å²) in [6.45, 7) is 0.117. The molecule has 0 fully saturated rings. The second kappa shape index (κ2) is 4.68. The summed E-state index contributed by atoms with van der Waals surface area (Å²) in [4.78, 5) is 15.3. The van der Waals surface area contributed by atoms with Crippen molar-refractivity contribution in [2.24, 2.45) is 0 Å². The Kier molecular flexibility index (Phi) is 2.98. The Bertz CT molecular complexity index is 810. The smallest absolute Gasteiger partial charge is 0.352 e. The third-order valence-electron chi connectivity index (χ3n) is 2.93. The van der Waals surface area contributed by atoms with Crippen molar-refractivity contribution in [3.63, 3.8) is 0 Å². The molecule has 0 aliphatic carbocycles. The van der Waals surface area contributed by atoms with E-state index in [2.05, 4.69) is 4.98 Å². The van der Waals surface area contributed by atoms with Gasteiger partial charge in [0.2, 0.25) is 0 Å². The van der Waals surface area contributed by atoms with Crippen LogP contribution in [0.25, 0.3) is 10.3 Å². The number of thiazole rings is 1. The molecule has 0 bridgehead atoms. The lowest BCUT2D eigenvalue weighted by Crippen LogP contribution is -2.10. The Morgan fingerprint density at radius 1 is 1.30 bits per heavy atom. The van der Waals surface area contributed by atoms with Crippen molar-refractivity contribution in [3.05, 3.63) is 52.7 Å². The zero-order valence-corrected chi connectivity index (χ0v) is 10.8. The van der Waals surface area contributed by atoms with Crippen LogP contribution in [0.5, 0.6) is 0 Å². The normalized spacial score (nSPS) is 11.1. The summed E-state index contributed by atoms with van der Waals surface area (Å²) >= 11 is 1.33. The van der Waals surface area contributed by atoms with Crippen LogP contribution in [0.15, 0.2) is 29.8 Å². The van der Waals surface area contributed by atoms with Gasteiger partial charge in [-0.3, -0.25) is 0 Å². The number of rotatable bonds is 3. The predicted molar refractivity (Wildman–Crippen MR) is 70.0 cm³/mol. The van der Waals surface area contributed by atoms with Crippen molar-refractivity contribution < 1.29 is 18.7 Å². The molecule has 102 valence electrons. The minimum Gasteiger partial charge on any atom is -0.477 e. The van der Waals surface area contributed by atoms with Gasteiger partial charge in [-0.2, -0.15) is 0 Å². The maximum atomic E-state index is 13.2. The molecule has 3 rings (SSSR count). The van der Waals surface area contributed by atoms with Gasteiger partial charge in [-0.1, -0.05) is 6.07 Å². The Hall–Kier alpha value is -2.28. The number of hydrogen-bond donors (Lipinski definition) is 1. The molecule has 2 aromatic heterocycles. The number of benzene rings is 1. The summed E-state index contributed by atoms with van der Waals surface area (Å²) in [5, 5.41) is 9.18. The number of fused-ring (bicyclic) bond motifs is 1. The third-order valence-corrected chi connectivity index (χ3v) is 3.70. The molecule has 0 saturated heterocycles. The molecule has 1 aromatic carbocycles. The summed E-state index contributed by atoms with van der Waals surface area (Å²) in [6, 6.07) is 5.02. The standard InChI is InChI=1S/C13H8F2N2O2S/c14-8-2-1-7(3-9(8)15)5-17-10(13(18)19)4-11-12(17)16-6-20-11/h1-4,6H,5H2,(H,18,19). The first kappa shape index (κ1) is 12.7. The van der Waals surface area contributed by atoms with Crippen LogP contribution in [-0.4, -0.2) is 20.6 Å². The molecule has 4 nitrogen and oxygen atoms in total. The molecule has 7 heteroatoms. The zero-order chi connectivity index (χ0) is 14.3. The lowest BCUT2D eigenvalue weighted by Gasteiger charge is -2.07. The van der Waals surface area contributed by atoms with Gasteiger partial charge >= 0.3 is 5.97 Å².